The molecular weight excluding hydrogens is 355 g/mol. The predicted molar refractivity (Wildman–Crippen MR) is 108 cm³/mol. The number of amides is 1. The minimum atomic E-state index is -0.280. The highest BCUT2D eigenvalue weighted by Crippen LogP contribution is 2.32. The highest BCUT2D eigenvalue weighted by molar-refractivity contribution is 5.91. The van der Waals surface area contributed by atoms with Gasteiger partial charge in [-0.3, -0.25) is 4.79 Å². The third kappa shape index (κ3) is 4.09. The van der Waals surface area contributed by atoms with Crippen molar-refractivity contribution in [1.82, 2.24) is 10.3 Å². The SMILES string of the molecule is O=C(CCc1c(-c2ccccc2)[nH]c2ccc(F)cc12)NC1CCC(O)CC1. The van der Waals surface area contributed by atoms with Gasteiger partial charge in [0.25, 0.3) is 0 Å². The molecule has 1 aliphatic rings. The summed E-state index contributed by atoms with van der Waals surface area (Å²) in [5, 5.41) is 13.5. The summed E-state index contributed by atoms with van der Waals surface area (Å²) in [6, 6.07) is 14.8. The zero-order valence-corrected chi connectivity index (χ0v) is 15.7. The maximum atomic E-state index is 13.9. The Hall–Kier alpha value is -2.66. The summed E-state index contributed by atoms with van der Waals surface area (Å²) >= 11 is 0. The molecule has 146 valence electrons. The molecule has 1 amide bonds. The van der Waals surface area contributed by atoms with Crippen LogP contribution >= 0.6 is 0 Å². The van der Waals surface area contributed by atoms with Crippen molar-refractivity contribution in [3.05, 3.63) is 59.9 Å². The molecule has 28 heavy (non-hydrogen) atoms. The number of aromatic amines is 1. The van der Waals surface area contributed by atoms with Crippen molar-refractivity contribution < 1.29 is 14.3 Å². The topological polar surface area (TPSA) is 65.1 Å². The maximum Gasteiger partial charge on any atom is 0.220 e. The molecule has 1 aromatic heterocycles. The second-order valence-corrected chi connectivity index (χ2v) is 7.61. The molecule has 4 nitrogen and oxygen atoms in total. The number of fused-ring (bicyclic) bond motifs is 1. The number of H-pyrrole nitrogens is 1. The van der Waals surface area contributed by atoms with Crippen molar-refractivity contribution in [2.45, 2.75) is 50.7 Å². The van der Waals surface area contributed by atoms with Crippen LogP contribution in [0.2, 0.25) is 0 Å². The number of hydrogen-bond donors (Lipinski definition) is 3. The van der Waals surface area contributed by atoms with Crippen LogP contribution in [-0.4, -0.2) is 28.1 Å². The van der Waals surface area contributed by atoms with E-state index in [1.807, 2.05) is 30.3 Å². The lowest BCUT2D eigenvalue weighted by atomic mass is 9.93. The van der Waals surface area contributed by atoms with Gasteiger partial charge in [0, 0.05) is 29.1 Å². The standard InChI is InChI=1S/C23H25FN2O2/c24-16-6-12-21-20(14-16)19(23(26-21)15-4-2-1-3-5-15)11-13-22(28)25-17-7-9-18(27)10-8-17/h1-6,12,14,17-18,26-27H,7-11,13H2,(H,25,28). The Morgan fingerprint density at radius 1 is 1.11 bits per heavy atom. The smallest absolute Gasteiger partial charge is 0.220 e. The van der Waals surface area contributed by atoms with Gasteiger partial charge in [-0.25, -0.2) is 4.39 Å². The van der Waals surface area contributed by atoms with E-state index in [0.29, 0.717) is 12.8 Å². The van der Waals surface area contributed by atoms with Gasteiger partial charge in [-0.2, -0.15) is 0 Å². The fourth-order valence-electron chi connectivity index (χ4n) is 4.09. The minimum absolute atomic E-state index is 0.00570. The molecule has 5 heteroatoms. The average molecular weight is 380 g/mol. The van der Waals surface area contributed by atoms with Gasteiger partial charge in [0.05, 0.1) is 6.10 Å². The first-order valence-electron chi connectivity index (χ1n) is 9.93. The molecular formula is C23H25FN2O2. The van der Waals surface area contributed by atoms with Gasteiger partial charge < -0.3 is 15.4 Å². The quantitative estimate of drug-likeness (QED) is 0.617. The predicted octanol–water partition coefficient (Wildman–Crippen LogP) is 4.33. The Morgan fingerprint density at radius 2 is 1.86 bits per heavy atom. The van der Waals surface area contributed by atoms with Crippen LogP contribution in [0.3, 0.4) is 0 Å². The Bertz CT molecular complexity index is 959. The van der Waals surface area contributed by atoms with E-state index in [2.05, 4.69) is 10.3 Å². The van der Waals surface area contributed by atoms with Crippen molar-refractivity contribution in [3.63, 3.8) is 0 Å². The maximum absolute atomic E-state index is 13.9. The van der Waals surface area contributed by atoms with Gasteiger partial charge in [-0.1, -0.05) is 30.3 Å². The van der Waals surface area contributed by atoms with E-state index in [1.165, 1.54) is 12.1 Å². The summed E-state index contributed by atoms with van der Waals surface area (Å²) in [7, 11) is 0. The van der Waals surface area contributed by atoms with Crippen LogP contribution in [0.4, 0.5) is 4.39 Å². The molecule has 0 spiro atoms. The van der Waals surface area contributed by atoms with E-state index in [-0.39, 0.29) is 23.9 Å². The monoisotopic (exact) mass is 380 g/mol. The molecule has 4 rings (SSSR count). The molecule has 2 aromatic carbocycles. The van der Waals surface area contributed by atoms with E-state index in [0.717, 1.165) is 53.4 Å². The van der Waals surface area contributed by atoms with Crippen LogP contribution in [0.5, 0.6) is 0 Å². The summed E-state index contributed by atoms with van der Waals surface area (Å²) in [5.41, 5.74) is 3.80. The van der Waals surface area contributed by atoms with Crippen LogP contribution in [-0.2, 0) is 11.2 Å². The number of rotatable bonds is 5. The lowest BCUT2D eigenvalue weighted by Gasteiger charge is -2.26. The number of aliphatic hydroxyl groups excluding tert-OH is 1. The lowest BCUT2D eigenvalue weighted by molar-refractivity contribution is -0.122. The van der Waals surface area contributed by atoms with Gasteiger partial charge in [0.1, 0.15) is 5.82 Å². The van der Waals surface area contributed by atoms with Gasteiger partial charge in [0.15, 0.2) is 0 Å². The van der Waals surface area contributed by atoms with Crippen molar-refractivity contribution >= 4 is 16.8 Å². The van der Waals surface area contributed by atoms with Gasteiger partial charge in [-0.05, 0) is 61.4 Å². The molecule has 1 aliphatic carbocycles. The Kier molecular flexibility index (Phi) is 5.44. The number of benzene rings is 2. The number of nitrogens with one attached hydrogen (secondary N) is 2. The van der Waals surface area contributed by atoms with E-state index in [9.17, 15) is 14.3 Å². The first kappa shape index (κ1) is 18.7. The number of halogens is 1. The zero-order valence-electron chi connectivity index (χ0n) is 15.7. The third-order valence-electron chi connectivity index (χ3n) is 5.59. The van der Waals surface area contributed by atoms with Crippen molar-refractivity contribution in [1.29, 1.82) is 0 Å². The molecule has 0 bridgehead atoms. The summed E-state index contributed by atoms with van der Waals surface area (Å²) in [6.07, 6.45) is 3.77. The first-order chi connectivity index (χ1) is 13.6. The van der Waals surface area contributed by atoms with Crippen LogP contribution in [0.15, 0.2) is 48.5 Å². The number of hydrogen-bond acceptors (Lipinski definition) is 2. The van der Waals surface area contributed by atoms with E-state index >= 15 is 0 Å². The number of aromatic nitrogens is 1. The van der Waals surface area contributed by atoms with Crippen LogP contribution < -0.4 is 5.32 Å². The van der Waals surface area contributed by atoms with E-state index in [4.69, 9.17) is 0 Å². The van der Waals surface area contributed by atoms with Crippen molar-refractivity contribution in [3.8, 4) is 11.3 Å². The minimum Gasteiger partial charge on any atom is -0.393 e. The van der Waals surface area contributed by atoms with Gasteiger partial charge in [-0.15, -0.1) is 0 Å². The average Bonchev–Trinajstić information content (AvgIpc) is 3.06. The number of carbonyl (C=O) groups excluding carboxylic acids is 1. The van der Waals surface area contributed by atoms with Crippen LogP contribution in [0.25, 0.3) is 22.2 Å². The van der Waals surface area contributed by atoms with E-state index in [1.54, 1.807) is 6.07 Å². The molecule has 0 saturated heterocycles. The van der Waals surface area contributed by atoms with Crippen molar-refractivity contribution in [2.24, 2.45) is 0 Å². The summed E-state index contributed by atoms with van der Waals surface area (Å²) in [5.74, 6) is -0.274. The molecule has 0 radical (unpaired) electrons. The second kappa shape index (κ2) is 8.15. The zero-order chi connectivity index (χ0) is 19.5. The van der Waals surface area contributed by atoms with Crippen LogP contribution in [0.1, 0.15) is 37.7 Å². The second-order valence-electron chi connectivity index (χ2n) is 7.61. The molecule has 0 unspecified atom stereocenters. The molecule has 1 saturated carbocycles. The number of carbonyl (C=O) groups is 1. The normalized spacial score (nSPS) is 19.6. The largest absolute Gasteiger partial charge is 0.393 e. The van der Waals surface area contributed by atoms with Crippen LogP contribution in [0, 0.1) is 5.82 Å². The molecule has 1 fully saturated rings. The highest BCUT2D eigenvalue weighted by atomic mass is 19.1. The summed E-state index contributed by atoms with van der Waals surface area (Å²) in [6.45, 7) is 0. The fourth-order valence-corrected chi connectivity index (χ4v) is 4.09. The fraction of sp³-hybridized carbons (Fsp3) is 0.348. The van der Waals surface area contributed by atoms with Gasteiger partial charge in [0.2, 0.25) is 5.91 Å². The number of aliphatic hydroxyl groups is 1. The molecule has 3 N–H and O–H groups in total. The summed E-state index contributed by atoms with van der Waals surface area (Å²) < 4.78 is 13.9. The molecule has 3 aromatic rings. The van der Waals surface area contributed by atoms with Crippen molar-refractivity contribution in [2.75, 3.05) is 0 Å². The third-order valence-corrected chi connectivity index (χ3v) is 5.59. The Morgan fingerprint density at radius 3 is 2.61 bits per heavy atom. The number of aryl methyl sites for hydroxylation is 1. The highest BCUT2D eigenvalue weighted by Gasteiger charge is 2.21. The molecule has 0 aliphatic heterocycles. The van der Waals surface area contributed by atoms with E-state index < -0.39 is 0 Å². The Labute approximate surface area is 163 Å². The molecule has 1 heterocycles. The lowest BCUT2D eigenvalue weighted by Crippen LogP contribution is -2.38. The van der Waals surface area contributed by atoms with Gasteiger partial charge >= 0.3 is 0 Å². The first-order valence-corrected chi connectivity index (χ1v) is 9.93. The molecule has 0 atom stereocenters. The summed E-state index contributed by atoms with van der Waals surface area (Å²) in [4.78, 5) is 15.9. The Balaban J connectivity index is 1.54.